The van der Waals surface area contributed by atoms with Crippen LogP contribution < -0.4 is 0 Å². The maximum absolute atomic E-state index is 12.5. The lowest BCUT2D eigenvalue weighted by atomic mass is 9.85. The quantitative estimate of drug-likeness (QED) is 0.784. The van der Waals surface area contributed by atoms with E-state index in [2.05, 4.69) is 4.90 Å². The first-order chi connectivity index (χ1) is 8.76. The van der Waals surface area contributed by atoms with Crippen molar-refractivity contribution >= 4 is 5.78 Å². The minimum Gasteiger partial charge on any atom is -0.381 e. The maximum Gasteiger partial charge on any atom is 0.171 e. The molecular formula is C15H27NO3. The number of likely N-dealkylation sites (tertiary alicyclic amines) is 1. The Labute approximate surface area is 116 Å². The fourth-order valence-corrected chi connectivity index (χ4v) is 3.40. The van der Waals surface area contributed by atoms with E-state index in [9.17, 15) is 4.79 Å². The molecule has 0 aromatic rings. The first kappa shape index (κ1) is 14.9. The van der Waals surface area contributed by atoms with Gasteiger partial charge in [0.1, 0.15) is 5.60 Å². The molecule has 4 heteroatoms. The van der Waals surface area contributed by atoms with Crippen LogP contribution in [0.3, 0.4) is 0 Å². The molecule has 110 valence electrons. The molecule has 2 aliphatic rings. The molecule has 0 spiro atoms. The molecule has 2 heterocycles. The number of nitrogens with zero attached hydrogens (tertiary/aromatic N) is 1. The molecular weight excluding hydrogens is 242 g/mol. The molecule has 0 amide bonds. The van der Waals surface area contributed by atoms with Crippen LogP contribution in [0.5, 0.6) is 0 Å². The van der Waals surface area contributed by atoms with E-state index >= 15 is 0 Å². The lowest BCUT2D eigenvalue weighted by molar-refractivity contribution is -0.132. The summed E-state index contributed by atoms with van der Waals surface area (Å²) >= 11 is 0. The van der Waals surface area contributed by atoms with E-state index in [-0.39, 0.29) is 17.3 Å². The number of hydrogen-bond donors (Lipinski definition) is 0. The maximum atomic E-state index is 12.5. The first-order valence-corrected chi connectivity index (χ1v) is 7.26. The van der Waals surface area contributed by atoms with Gasteiger partial charge in [0.2, 0.25) is 0 Å². The molecule has 0 saturated carbocycles. The summed E-state index contributed by atoms with van der Waals surface area (Å²) < 4.78 is 11.3. The summed E-state index contributed by atoms with van der Waals surface area (Å²) in [5.41, 5.74) is -1.00. The second-order valence-corrected chi connectivity index (χ2v) is 6.87. The smallest absolute Gasteiger partial charge is 0.171 e. The zero-order chi connectivity index (χ0) is 14.3. The van der Waals surface area contributed by atoms with E-state index < -0.39 is 5.60 Å². The van der Waals surface area contributed by atoms with Crippen LogP contribution in [0.25, 0.3) is 0 Å². The van der Waals surface area contributed by atoms with Crippen molar-refractivity contribution in [2.45, 2.75) is 57.8 Å². The van der Waals surface area contributed by atoms with Crippen LogP contribution in [-0.2, 0) is 14.3 Å². The minimum absolute atomic E-state index is 0.0263. The van der Waals surface area contributed by atoms with Gasteiger partial charge in [-0.25, -0.2) is 0 Å². The monoisotopic (exact) mass is 269 g/mol. The first-order valence-electron chi connectivity index (χ1n) is 7.26. The Hall–Kier alpha value is -0.450. The summed E-state index contributed by atoms with van der Waals surface area (Å²) in [5.74, 6) is 0.216. The van der Waals surface area contributed by atoms with Crippen molar-refractivity contribution in [3.63, 3.8) is 0 Å². The van der Waals surface area contributed by atoms with Crippen molar-refractivity contribution in [3.05, 3.63) is 0 Å². The standard InChI is InChI=1S/C15H27NO3/c1-14(2)12(13(17)15(3,4)19-14)10-16-8-6-11(18-5)7-9-16/h11-12H,6-10H2,1-5H3. The van der Waals surface area contributed by atoms with Gasteiger partial charge in [-0.2, -0.15) is 0 Å². The van der Waals surface area contributed by atoms with Crippen LogP contribution in [0.1, 0.15) is 40.5 Å². The third-order valence-corrected chi connectivity index (χ3v) is 4.58. The van der Waals surface area contributed by atoms with Gasteiger partial charge in [-0.3, -0.25) is 4.79 Å². The molecule has 4 nitrogen and oxygen atoms in total. The highest BCUT2D eigenvalue weighted by molar-refractivity contribution is 5.91. The Morgan fingerprint density at radius 1 is 1.26 bits per heavy atom. The van der Waals surface area contributed by atoms with Crippen LogP contribution >= 0.6 is 0 Å². The molecule has 2 aliphatic heterocycles. The molecule has 2 rings (SSSR count). The largest absolute Gasteiger partial charge is 0.381 e. The van der Waals surface area contributed by atoms with Gasteiger partial charge >= 0.3 is 0 Å². The number of carbonyl (C=O) groups is 1. The van der Waals surface area contributed by atoms with E-state index in [4.69, 9.17) is 9.47 Å². The molecule has 0 aromatic heterocycles. The van der Waals surface area contributed by atoms with Crippen molar-refractivity contribution in [3.8, 4) is 0 Å². The fourth-order valence-electron chi connectivity index (χ4n) is 3.40. The fraction of sp³-hybridized carbons (Fsp3) is 0.933. The predicted octanol–water partition coefficient (Wildman–Crippen LogP) is 1.87. The Morgan fingerprint density at radius 3 is 2.26 bits per heavy atom. The number of methoxy groups -OCH3 is 1. The number of Topliss-reactive ketones (excluding diaryl/α,β-unsaturated/α-hetero) is 1. The van der Waals surface area contributed by atoms with Gasteiger partial charge in [-0.1, -0.05) is 0 Å². The van der Waals surface area contributed by atoms with E-state index in [1.165, 1.54) is 0 Å². The second kappa shape index (κ2) is 5.15. The molecule has 0 N–H and O–H groups in total. The van der Waals surface area contributed by atoms with E-state index in [1.54, 1.807) is 7.11 Å². The highest BCUT2D eigenvalue weighted by atomic mass is 16.5. The molecule has 0 aliphatic carbocycles. The summed E-state index contributed by atoms with van der Waals surface area (Å²) in [6.45, 7) is 10.7. The van der Waals surface area contributed by atoms with Crippen LogP contribution in [0, 0.1) is 5.92 Å². The van der Waals surface area contributed by atoms with Crippen molar-refractivity contribution in [2.75, 3.05) is 26.7 Å². The molecule has 1 unspecified atom stereocenters. The summed E-state index contributed by atoms with van der Waals surface area (Å²) in [6, 6.07) is 0. The molecule has 2 saturated heterocycles. The summed E-state index contributed by atoms with van der Waals surface area (Å²) in [6.07, 6.45) is 2.50. The van der Waals surface area contributed by atoms with Gasteiger partial charge in [0, 0.05) is 26.7 Å². The van der Waals surface area contributed by atoms with Gasteiger partial charge in [0.25, 0.3) is 0 Å². The number of rotatable bonds is 3. The van der Waals surface area contributed by atoms with Crippen LogP contribution in [-0.4, -0.2) is 54.7 Å². The van der Waals surface area contributed by atoms with E-state index in [0.717, 1.165) is 32.5 Å². The van der Waals surface area contributed by atoms with Crippen molar-refractivity contribution in [1.82, 2.24) is 4.90 Å². The van der Waals surface area contributed by atoms with Gasteiger partial charge < -0.3 is 14.4 Å². The second-order valence-electron chi connectivity index (χ2n) is 6.87. The van der Waals surface area contributed by atoms with E-state index in [1.807, 2.05) is 27.7 Å². The van der Waals surface area contributed by atoms with Crippen molar-refractivity contribution < 1.29 is 14.3 Å². The average Bonchev–Trinajstić information content (AvgIpc) is 2.48. The molecule has 0 bridgehead atoms. The van der Waals surface area contributed by atoms with Crippen LogP contribution in [0.15, 0.2) is 0 Å². The minimum atomic E-state index is -0.640. The summed E-state index contributed by atoms with van der Waals surface area (Å²) in [5, 5.41) is 0. The third-order valence-electron chi connectivity index (χ3n) is 4.58. The SMILES string of the molecule is COC1CCN(CC2C(=O)C(C)(C)OC2(C)C)CC1. The Morgan fingerprint density at radius 2 is 1.84 bits per heavy atom. The Balaban J connectivity index is 1.97. The average molecular weight is 269 g/mol. The topological polar surface area (TPSA) is 38.8 Å². The number of ether oxygens (including phenoxy) is 2. The zero-order valence-corrected chi connectivity index (χ0v) is 12.9. The van der Waals surface area contributed by atoms with Crippen molar-refractivity contribution in [2.24, 2.45) is 5.92 Å². The Kier molecular flexibility index (Phi) is 4.05. The number of piperidine rings is 1. The summed E-state index contributed by atoms with van der Waals surface area (Å²) in [7, 11) is 1.78. The van der Waals surface area contributed by atoms with Crippen molar-refractivity contribution in [1.29, 1.82) is 0 Å². The van der Waals surface area contributed by atoms with Gasteiger partial charge in [-0.15, -0.1) is 0 Å². The van der Waals surface area contributed by atoms with Gasteiger partial charge in [0.05, 0.1) is 17.6 Å². The van der Waals surface area contributed by atoms with Gasteiger partial charge in [0.15, 0.2) is 5.78 Å². The summed E-state index contributed by atoms with van der Waals surface area (Å²) in [4.78, 5) is 14.8. The lowest BCUT2D eigenvalue weighted by Crippen LogP contribution is -2.45. The molecule has 19 heavy (non-hydrogen) atoms. The van der Waals surface area contributed by atoms with E-state index in [0.29, 0.717) is 6.10 Å². The lowest BCUT2D eigenvalue weighted by Gasteiger charge is -2.35. The predicted molar refractivity (Wildman–Crippen MR) is 74.2 cm³/mol. The van der Waals surface area contributed by atoms with Crippen LogP contribution in [0.4, 0.5) is 0 Å². The number of hydrogen-bond acceptors (Lipinski definition) is 4. The number of ketones is 1. The molecule has 1 atom stereocenters. The number of carbonyl (C=O) groups excluding carboxylic acids is 1. The third kappa shape index (κ3) is 3.01. The molecule has 0 aromatic carbocycles. The Bertz CT molecular complexity index is 343. The normalized spacial score (nSPS) is 31.8. The highest BCUT2D eigenvalue weighted by Gasteiger charge is 2.53. The van der Waals surface area contributed by atoms with Crippen LogP contribution in [0.2, 0.25) is 0 Å². The van der Waals surface area contributed by atoms with Gasteiger partial charge in [-0.05, 0) is 40.5 Å². The molecule has 2 fully saturated rings. The highest BCUT2D eigenvalue weighted by Crippen LogP contribution is 2.39. The molecule has 0 radical (unpaired) electrons. The zero-order valence-electron chi connectivity index (χ0n) is 12.9.